The van der Waals surface area contributed by atoms with E-state index in [0.717, 1.165) is 18.0 Å². The first-order chi connectivity index (χ1) is 8.83. The molecule has 3 aliphatic rings. The standard InChI is InChI=1S/C15H29N3/c1-17-9-6-15(7-10-17)18(14-4-5-14)12-13-3-2-8-16-11-13/h13-16H,2-12H2,1H3. The van der Waals surface area contributed by atoms with Gasteiger partial charge in [-0.3, -0.25) is 4.90 Å². The van der Waals surface area contributed by atoms with Gasteiger partial charge in [0, 0.05) is 18.6 Å². The first-order valence-corrected chi connectivity index (χ1v) is 7.98. The van der Waals surface area contributed by atoms with Gasteiger partial charge in [0.15, 0.2) is 0 Å². The van der Waals surface area contributed by atoms with Gasteiger partial charge in [-0.25, -0.2) is 0 Å². The predicted octanol–water partition coefficient (Wildman–Crippen LogP) is 1.54. The van der Waals surface area contributed by atoms with Crippen LogP contribution in [0.1, 0.15) is 38.5 Å². The Labute approximate surface area is 112 Å². The summed E-state index contributed by atoms with van der Waals surface area (Å²) in [5.74, 6) is 0.916. The van der Waals surface area contributed by atoms with Crippen LogP contribution < -0.4 is 5.32 Å². The summed E-state index contributed by atoms with van der Waals surface area (Å²) in [6, 6.07) is 1.83. The molecule has 3 heteroatoms. The molecule has 0 bridgehead atoms. The van der Waals surface area contributed by atoms with Gasteiger partial charge >= 0.3 is 0 Å². The van der Waals surface area contributed by atoms with Crippen molar-refractivity contribution in [1.29, 1.82) is 0 Å². The second kappa shape index (κ2) is 5.89. The molecule has 0 amide bonds. The number of nitrogens with zero attached hydrogens (tertiary/aromatic N) is 2. The Morgan fingerprint density at radius 1 is 1.06 bits per heavy atom. The van der Waals surface area contributed by atoms with Crippen molar-refractivity contribution in [3.8, 4) is 0 Å². The fraction of sp³-hybridized carbons (Fsp3) is 1.00. The van der Waals surface area contributed by atoms with Crippen molar-refractivity contribution in [2.24, 2.45) is 5.92 Å². The average molecular weight is 251 g/mol. The van der Waals surface area contributed by atoms with Crippen LogP contribution in [0.3, 0.4) is 0 Å². The van der Waals surface area contributed by atoms with E-state index in [1.165, 1.54) is 71.2 Å². The van der Waals surface area contributed by atoms with Crippen molar-refractivity contribution in [2.45, 2.75) is 50.6 Å². The summed E-state index contributed by atoms with van der Waals surface area (Å²) in [6.45, 7) is 6.48. The van der Waals surface area contributed by atoms with Gasteiger partial charge in [0.2, 0.25) is 0 Å². The lowest BCUT2D eigenvalue weighted by Gasteiger charge is -2.40. The fourth-order valence-electron chi connectivity index (χ4n) is 3.71. The number of piperidine rings is 2. The molecule has 0 spiro atoms. The topological polar surface area (TPSA) is 18.5 Å². The van der Waals surface area contributed by atoms with Crippen LogP contribution in [0.15, 0.2) is 0 Å². The molecule has 1 atom stereocenters. The first-order valence-electron chi connectivity index (χ1n) is 7.98. The Hall–Kier alpha value is -0.120. The lowest BCUT2D eigenvalue weighted by atomic mass is 9.96. The fourth-order valence-corrected chi connectivity index (χ4v) is 3.71. The first kappa shape index (κ1) is 12.9. The van der Waals surface area contributed by atoms with Crippen molar-refractivity contribution in [3.63, 3.8) is 0 Å². The van der Waals surface area contributed by atoms with Gasteiger partial charge in [0.05, 0.1) is 0 Å². The smallest absolute Gasteiger partial charge is 0.0123 e. The van der Waals surface area contributed by atoms with Crippen molar-refractivity contribution in [1.82, 2.24) is 15.1 Å². The molecule has 18 heavy (non-hydrogen) atoms. The van der Waals surface area contributed by atoms with E-state index in [-0.39, 0.29) is 0 Å². The van der Waals surface area contributed by atoms with E-state index in [9.17, 15) is 0 Å². The molecule has 0 aromatic carbocycles. The van der Waals surface area contributed by atoms with Crippen LogP contribution in [0, 0.1) is 5.92 Å². The summed E-state index contributed by atoms with van der Waals surface area (Å²) in [7, 11) is 2.27. The van der Waals surface area contributed by atoms with Crippen molar-refractivity contribution in [3.05, 3.63) is 0 Å². The van der Waals surface area contributed by atoms with E-state index in [2.05, 4.69) is 22.2 Å². The molecule has 1 saturated carbocycles. The second-order valence-corrected chi connectivity index (χ2v) is 6.67. The number of likely N-dealkylation sites (tertiary alicyclic amines) is 1. The maximum atomic E-state index is 3.57. The number of hydrogen-bond donors (Lipinski definition) is 1. The van der Waals surface area contributed by atoms with Crippen molar-refractivity contribution in [2.75, 3.05) is 39.8 Å². The number of hydrogen-bond acceptors (Lipinski definition) is 3. The number of nitrogens with one attached hydrogen (secondary N) is 1. The molecule has 3 rings (SSSR count). The molecule has 0 aromatic rings. The zero-order valence-corrected chi connectivity index (χ0v) is 11.9. The van der Waals surface area contributed by atoms with Gasteiger partial charge in [-0.2, -0.15) is 0 Å². The monoisotopic (exact) mass is 251 g/mol. The van der Waals surface area contributed by atoms with Gasteiger partial charge in [0.25, 0.3) is 0 Å². The maximum absolute atomic E-state index is 3.57. The summed E-state index contributed by atoms with van der Waals surface area (Å²) < 4.78 is 0. The van der Waals surface area contributed by atoms with Crippen molar-refractivity contribution < 1.29 is 0 Å². The van der Waals surface area contributed by atoms with Gasteiger partial charge < -0.3 is 10.2 Å². The Morgan fingerprint density at radius 3 is 2.39 bits per heavy atom. The Morgan fingerprint density at radius 2 is 1.78 bits per heavy atom. The Kier molecular flexibility index (Phi) is 4.22. The third-order valence-electron chi connectivity index (χ3n) is 5.04. The third kappa shape index (κ3) is 3.25. The van der Waals surface area contributed by atoms with Gasteiger partial charge in [-0.15, -0.1) is 0 Å². The zero-order valence-electron chi connectivity index (χ0n) is 11.9. The molecule has 2 heterocycles. The van der Waals surface area contributed by atoms with E-state index in [0.29, 0.717) is 0 Å². The number of rotatable bonds is 4. The van der Waals surface area contributed by atoms with E-state index in [4.69, 9.17) is 0 Å². The summed E-state index contributed by atoms with van der Waals surface area (Å²) in [6.07, 6.45) is 8.55. The average Bonchev–Trinajstić information content (AvgIpc) is 3.23. The van der Waals surface area contributed by atoms with E-state index < -0.39 is 0 Å². The molecule has 0 radical (unpaired) electrons. The van der Waals surface area contributed by atoms with Gasteiger partial charge in [-0.1, -0.05) is 0 Å². The molecular weight excluding hydrogens is 222 g/mol. The summed E-state index contributed by atoms with van der Waals surface area (Å²) >= 11 is 0. The molecule has 3 fully saturated rings. The van der Waals surface area contributed by atoms with Crippen LogP contribution in [0.5, 0.6) is 0 Å². The van der Waals surface area contributed by atoms with Crippen molar-refractivity contribution >= 4 is 0 Å². The van der Waals surface area contributed by atoms with Crippen LogP contribution in [0.25, 0.3) is 0 Å². The Balaban J connectivity index is 1.54. The summed E-state index contributed by atoms with van der Waals surface area (Å²) in [5.41, 5.74) is 0. The van der Waals surface area contributed by atoms with Crippen LogP contribution in [-0.2, 0) is 0 Å². The van der Waals surface area contributed by atoms with Crippen LogP contribution >= 0.6 is 0 Å². The SMILES string of the molecule is CN1CCC(N(CC2CCCNC2)C2CC2)CC1. The van der Waals surface area contributed by atoms with Crippen LogP contribution in [-0.4, -0.2) is 61.7 Å². The quantitative estimate of drug-likeness (QED) is 0.818. The molecule has 0 aromatic heterocycles. The maximum Gasteiger partial charge on any atom is 0.0123 e. The predicted molar refractivity (Wildman–Crippen MR) is 75.8 cm³/mol. The minimum atomic E-state index is 0.885. The molecule has 2 aliphatic heterocycles. The second-order valence-electron chi connectivity index (χ2n) is 6.67. The lowest BCUT2D eigenvalue weighted by Crippen LogP contribution is -2.48. The molecule has 1 N–H and O–H groups in total. The van der Waals surface area contributed by atoms with Gasteiger partial charge in [-0.05, 0) is 77.7 Å². The van der Waals surface area contributed by atoms with E-state index in [1.54, 1.807) is 0 Å². The third-order valence-corrected chi connectivity index (χ3v) is 5.04. The highest BCUT2D eigenvalue weighted by Crippen LogP contribution is 2.33. The normalized spacial score (nSPS) is 32.0. The minimum absolute atomic E-state index is 0.885. The molecule has 104 valence electrons. The largest absolute Gasteiger partial charge is 0.316 e. The molecule has 1 aliphatic carbocycles. The highest BCUT2D eigenvalue weighted by molar-refractivity contribution is 4.92. The molecule has 1 unspecified atom stereocenters. The van der Waals surface area contributed by atoms with Crippen LogP contribution in [0.4, 0.5) is 0 Å². The molecular formula is C15H29N3. The highest BCUT2D eigenvalue weighted by atomic mass is 15.2. The summed E-state index contributed by atoms with van der Waals surface area (Å²) in [5, 5.41) is 3.57. The molecule has 2 saturated heterocycles. The molecule has 3 nitrogen and oxygen atoms in total. The summed E-state index contributed by atoms with van der Waals surface area (Å²) in [4.78, 5) is 5.38. The zero-order chi connectivity index (χ0) is 12.4. The van der Waals surface area contributed by atoms with E-state index in [1.807, 2.05) is 0 Å². The van der Waals surface area contributed by atoms with Crippen LogP contribution in [0.2, 0.25) is 0 Å². The van der Waals surface area contributed by atoms with E-state index >= 15 is 0 Å². The highest BCUT2D eigenvalue weighted by Gasteiger charge is 2.36. The lowest BCUT2D eigenvalue weighted by molar-refractivity contribution is 0.0923. The minimum Gasteiger partial charge on any atom is -0.316 e. The Bertz CT molecular complexity index is 250. The van der Waals surface area contributed by atoms with Gasteiger partial charge in [0.1, 0.15) is 0 Å².